The Kier molecular flexibility index (Phi) is 6.24. The molecule has 0 fully saturated rings. The third-order valence-electron chi connectivity index (χ3n) is 5.17. The molecule has 4 aromatic rings. The number of hydrogen-bond donors (Lipinski definition) is 1. The Morgan fingerprint density at radius 1 is 1.15 bits per heavy atom. The molecular weight excluding hydrogens is 462 g/mol. The summed E-state index contributed by atoms with van der Waals surface area (Å²) in [7, 11) is 0. The Morgan fingerprint density at radius 3 is 2.56 bits per heavy atom. The molecule has 10 nitrogen and oxygen atoms in total. The lowest BCUT2D eigenvalue weighted by Crippen LogP contribution is -2.18. The third kappa shape index (κ3) is 4.57. The minimum atomic E-state index is -0.615. The van der Waals surface area contributed by atoms with Crippen molar-refractivity contribution in [3.8, 4) is 0 Å². The topological polar surface area (TPSA) is 133 Å². The van der Waals surface area contributed by atoms with Crippen molar-refractivity contribution < 1.29 is 19.0 Å². The van der Waals surface area contributed by atoms with Crippen molar-refractivity contribution in [2.75, 3.05) is 5.32 Å². The zero-order valence-corrected chi connectivity index (χ0v) is 18.9. The molecular formula is C23H18ClN5O5. The number of amides is 1. The summed E-state index contributed by atoms with van der Waals surface area (Å²) in [5, 5.41) is 21.9. The van der Waals surface area contributed by atoms with E-state index in [-0.39, 0.29) is 35.1 Å². The monoisotopic (exact) mass is 479 g/mol. The number of ketones is 1. The van der Waals surface area contributed by atoms with Gasteiger partial charge in [0.1, 0.15) is 5.76 Å². The summed E-state index contributed by atoms with van der Waals surface area (Å²) in [6.45, 7) is 3.32. The molecule has 0 saturated carbocycles. The lowest BCUT2D eigenvalue weighted by atomic mass is 10.0. The van der Waals surface area contributed by atoms with Crippen LogP contribution in [-0.4, -0.2) is 31.6 Å². The third-order valence-corrected chi connectivity index (χ3v) is 5.41. The Balaban J connectivity index is 1.64. The number of halogens is 1. The highest BCUT2D eigenvalue weighted by Crippen LogP contribution is 2.25. The fourth-order valence-corrected chi connectivity index (χ4v) is 3.56. The van der Waals surface area contributed by atoms with Gasteiger partial charge in [-0.15, -0.1) is 0 Å². The highest BCUT2D eigenvalue weighted by atomic mass is 35.5. The first-order valence-corrected chi connectivity index (χ1v) is 10.5. The van der Waals surface area contributed by atoms with E-state index < -0.39 is 10.8 Å². The summed E-state index contributed by atoms with van der Waals surface area (Å²) < 4.78 is 6.60. The zero-order valence-electron chi connectivity index (χ0n) is 18.1. The number of hydrogen-bond acceptors (Lipinski definition) is 7. The predicted molar refractivity (Wildman–Crippen MR) is 123 cm³/mol. The summed E-state index contributed by atoms with van der Waals surface area (Å²) in [4.78, 5) is 36.6. The number of benzene rings is 2. The van der Waals surface area contributed by atoms with E-state index in [1.54, 1.807) is 50.2 Å². The van der Waals surface area contributed by atoms with Gasteiger partial charge in [-0.1, -0.05) is 47.1 Å². The molecule has 0 saturated heterocycles. The zero-order chi connectivity index (χ0) is 24.4. The average molecular weight is 480 g/mol. The van der Waals surface area contributed by atoms with Crippen molar-refractivity contribution in [1.29, 1.82) is 0 Å². The van der Waals surface area contributed by atoms with Crippen molar-refractivity contribution >= 4 is 34.8 Å². The number of aryl methyl sites for hydroxylation is 2. The van der Waals surface area contributed by atoms with E-state index in [1.165, 1.54) is 22.9 Å². The average Bonchev–Trinajstić information content (AvgIpc) is 3.38. The van der Waals surface area contributed by atoms with Gasteiger partial charge in [0.15, 0.2) is 11.5 Å². The van der Waals surface area contributed by atoms with Crippen molar-refractivity contribution in [3.63, 3.8) is 0 Å². The maximum Gasteiger partial charge on any atom is 0.390 e. The van der Waals surface area contributed by atoms with Gasteiger partial charge in [-0.05, 0) is 37.0 Å². The summed E-state index contributed by atoms with van der Waals surface area (Å²) in [5.74, 6) is -0.868. The molecule has 172 valence electrons. The molecule has 0 spiro atoms. The summed E-state index contributed by atoms with van der Waals surface area (Å²) >= 11 is 6.11. The molecule has 0 unspecified atom stereocenters. The maximum absolute atomic E-state index is 13.1. The first-order valence-electron chi connectivity index (χ1n) is 10.1. The predicted octanol–water partition coefficient (Wildman–Crippen LogP) is 4.58. The number of rotatable bonds is 7. The van der Waals surface area contributed by atoms with Gasteiger partial charge < -0.3 is 20.0 Å². The van der Waals surface area contributed by atoms with Crippen LogP contribution in [0.3, 0.4) is 0 Å². The van der Waals surface area contributed by atoms with Gasteiger partial charge in [0, 0.05) is 16.1 Å². The molecule has 0 bridgehead atoms. The molecule has 4 rings (SSSR count). The first-order chi connectivity index (χ1) is 16.2. The highest BCUT2D eigenvalue weighted by Gasteiger charge is 2.25. The molecule has 0 aliphatic carbocycles. The van der Waals surface area contributed by atoms with E-state index in [1.807, 2.05) is 0 Å². The molecule has 0 aliphatic heterocycles. The Bertz CT molecular complexity index is 1410. The van der Waals surface area contributed by atoms with E-state index >= 15 is 0 Å². The Hall–Kier alpha value is -4.31. The van der Waals surface area contributed by atoms with Gasteiger partial charge in [-0.25, -0.2) is 0 Å². The van der Waals surface area contributed by atoms with Gasteiger partial charge in [0.2, 0.25) is 0 Å². The van der Waals surface area contributed by atoms with Crippen LogP contribution in [0.15, 0.2) is 59.1 Å². The van der Waals surface area contributed by atoms with Crippen LogP contribution in [0.5, 0.6) is 0 Å². The molecule has 0 radical (unpaired) electrons. The van der Waals surface area contributed by atoms with E-state index in [0.29, 0.717) is 27.6 Å². The maximum atomic E-state index is 13.1. The van der Waals surface area contributed by atoms with E-state index in [0.717, 1.165) is 0 Å². The molecule has 2 heterocycles. The molecule has 2 aromatic carbocycles. The van der Waals surface area contributed by atoms with Crippen molar-refractivity contribution in [3.05, 3.63) is 104 Å². The van der Waals surface area contributed by atoms with Gasteiger partial charge in [0.25, 0.3) is 5.91 Å². The standard InChI is InChI=1S/C23H18ClN5O5/c1-13-10-20(29(32)33)26-28(13)12-18-14(2)34-27-21(18)23(31)25-19-9-8-16(24)11-17(19)22(30)15-6-4-3-5-7-15/h3-11H,12H2,1-2H3,(H,25,31). The quantitative estimate of drug-likeness (QED) is 0.233. The smallest absolute Gasteiger partial charge is 0.361 e. The Labute approximate surface area is 198 Å². The molecule has 0 aliphatic rings. The molecule has 1 amide bonds. The van der Waals surface area contributed by atoms with Crippen molar-refractivity contribution in [1.82, 2.24) is 14.9 Å². The van der Waals surface area contributed by atoms with Gasteiger partial charge in [-0.3, -0.25) is 9.59 Å². The van der Waals surface area contributed by atoms with Crippen LogP contribution in [0, 0.1) is 24.0 Å². The number of carbonyl (C=O) groups excluding carboxylic acids is 2. The molecule has 0 atom stereocenters. The molecule has 2 aromatic heterocycles. The van der Waals surface area contributed by atoms with Crippen LogP contribution in [0.4, 0.5) is 11.5 Å². The van der Waals surface area contributed by atoms with Crippen LogP contribution < -0.4 is 5.32 Å². The lowest BCUT2D eigenvalue weighted by molar-refractivity contribution is -0.389. The highest BCUT2D eigenvalue weighted by molar-refractivity contribution is 6.31. The van der Waals surface area contributed by atoms with Crippen LogP contribution in [-0.2, 0) is 6.54 Å². The Morgan fingerprint density at radius 2 is 1.88 bits per heavy atom. The molecule has 11 heteroatoms. The minimum Gasteiger partial charge on any atom is -0.361 e. The van der Waals surface area contributed by atoms with E-state index in [9.17, 15) is 19.7 Å². The SMILES string of the molecule is Cc1onc(C(=O)Nc2ccc(Cl)cc2C(=O)c2ccccc2)c1Cn1nc([N+](=O)[O-])cc1C. The van der Waals surface area contributed by atoms with Gasteiger partial charge in [-0.2, -0.15) is 4.68 Å². The molecule has 1 N–H and O–H groups in total. The van der Waals surface area contributed by atoms with Crippen LogP contribution in [0.2, 0.25) is 5.02 Å². The number of anilines is 1. The van der Waals surface area contributed by atoms with Crippen LogP contribution in [0.1, 0.15) is 43.4 Å². The fourth-order valence-electron chi connectivity index (χ4n) is 3.39. The fraction of sp³-hybridized carbons (Fsp3) is 0.130. The summed E-state index contributed by atoms with van der Waals surface area (Å²) in [6.07, 6.45) is 0. The first kappa shape index (κ1) is 22.9. The van der Waals surface area contributed by atoms with E-state index in [4.69, 9.17) is 16.1 Å². The molecule has 34 heavy (non-hydrogen) atoms. The van der Waals surface area contributed by atoms with Crippen molar-refractivity contribution in [2.24, 2.45) is 0 Å². The number of nitrogens with zero attached hydrogens (tertiary/aromatic N) is 4. The summed E-state index contributed by atoms with van der Waals surface area (Å²) in [5.41, 5.74) is 1.82. The van der Waals surface area contributed by atoms with Crippen molar-refractivity contribution in [2.45, 2.75) is 20.4 Å². The van der Waals surface area contributed by atoms with Gasteiger partial charge in [0.05, 0.1) is 34.7 Å². The number of nitrogens with one attached hydrogen (secondary N) is 1. The minimum absolute atomic E-state index is 0.0249. The normalized spacial score (nSPS) is 10.8. The number of nitro groups is 1. The largest absolute Gasteiger partial charge is 0.390 e. The number of aromatic nitrogens is 3. The number of carbonyl (C=O) groups is 2. The van der Waals surface area contributed by atoms with E-state index in [2.05, 4.69) is 15.6 Å². The van der Waals surface area contributed by atoms with Gasteiger partial charge >= 0.3 is 5.82 Å². The summed E-state index contributed by atoms with van der Waals surface area (Å²) in [6, 6.07) is 14.5. The second-order valence-corrected chi connectivity index (χ2v) is 7.90. The second kappa shape index (κ2) is 9.28. The second-order valence-electron chi connectivity index (χ2n) is 7.46. The van der Waals surface area contributed by atoms with Crippen LogP contribution >= 0.6 is 11.6 Å². The van der Waals surface area contributed by atoms with Crippen LogP contribution in [0.25, 0.3) is 0 Å². The lowest BCUT2D eigenvalue weighted by Gasteiger charge is -2.11.